The maximum Gasteiger partial charge on any atom is 0.243 e. The van der Waals surface area contributed by atoms with Gasteiger partial charge in [0.25, 0.3) is 0 Å². The van der Waals surface area contributed by atoms with Gasteiger partial charge < -0.3 is 0 Å². The molecule has 0 N–H and O–H groups in total. The normalized spacial score (nSPS) is 20.0. The van der Waals surface area contributed by atoms with Gasteiger partial charge in [-0.05, 0) is 37.5 Å². The molecule has 22 heavy (non-hydrogen) atoms. The fourth-order valence-corrected chi connectivity index (χ4v) is 4.36. The highest BCUT2D eigenvalue weighted by molar-refractivity contribution is 7.89. The number of aromatic nitrogens is 3. The summed E-state index contributed by atoms with van der Waals surface area (Å²) in [5.41, 5.74) is 1.99. The van der Waals surface area contributed by atoms with Crippen LogP contribution in [0.5, 0.6) is 0 Å². The third kappa shape index (κ3) is 2.34. The fraction of sp³-hybridized carbons (Fsp3) is 0.467. The summed E-state index contributed by atoms with van der Waals surface area (Å²) in [6.45, 7) is 2.82. The van der Waals surface area contributed by atoms with Crippen molar-refractivity contribution in [2.45, 2.75) is 36.6 Å². The van der Waals surface area contributed by atoms with Crippen LogP contribution < -0.4 is 0 Å². The second-order valence-electron chi connectivity index (χ2n) is 6.19. The largest absolute Gasteiger partial charge is 0.247 e. The molecule has 1 aliphatic carbocycles. The van der Waals surface area contributed by atoms with Crippen LogP contribution in [0.3, 0.4) is 0 Å². The lowest BCUT2D eigenvalue weighted by Gasteiger charge is -2.37. The minimum absolute atomic E-state index is 0.0968. The Morgan fingerprint density at radius 3 is 2.68 bits per heavy atom. The van der Waals surface area contributed by atoms with Crippen molar-refractivity contribution in [1.29, 1.82) is 0 Å². The summed E-state index contributed by atoms with van der Waals surface area (Å²) in [6.07, 6.45) is 4.35. The van der Waals surface area contributed by atoms with Crippen LogP contribution in [0.2, 0.25) is 0 Å². The van der Waals surface area contributed by atoms with E-state index in [-0.39, 0.29) is 6.04 Å². The van der Waals surface area contributed by atoms with E-state index in [1.165, 1.54) is 17.1 Å². The average molecular weight is 318 g/mol. The molecule has 0 amide bonds. The lowest BCUT2D eigenvalue weighted by Crippen LogP contribution is -2.50. The van der Waals surface area contributed by atoms with Crippen molar-refractivity contribution in [1.82, 2.24) is 19.3 Å². The Morgan fingerprint density at radius 2 is 2.00 bits per heavy atom. The number of benzene rings is 1. The predicted molar refractivity (Wildman–Crippen MR) is 81.0 cm³/mol. The molecule has 0 unspecified atom stereocenters. The van der Waals surface area contributed by atoms with Gasteiger partial charge >= 0.3 is 0 Å². The number of hydrogen-bond donors (Lipinski definition) is 0. The van der Waals surface area contributed by atoms with Crippen LogP contribution in [-0.2, 0) is 10.0 Å². The Bertz CT molecular complexity index is 804. The van der Waals surface area contributed by atoms with Crippen molar-refractivity contribution in [2.75, 3.05) is 13.1 Å². The van der Waals surface area contributed by atoms with Gasteiger partial charge in [-0.1, -0.05) is 17.3 Å². The highest BCUT2D eigenvalue weighted by atomic mass is 32.2. The van der Waals surface area contributed by atoms with E-state index in [0.717, 1.165) is 11.3 Å². The van der Waals surface area contributed by atoms with E-state index in [0.29, 0.717) is 23.9 Å². The van der Waals surface area contributed by atoms with Crippen LogP contribution in [0.15, 0.2) is 35.4 Å². The Kier molecular flexibility index (Phi) is 3.09. The minimum atomic E-state index is -3.39. The Labute approximate surface area is 129 Å². The second kappa shape index (κ2) is 4.89. The van der Waals surface area contributed by atoms with E-state index in [1.54, 1.807) is 18.2 Å². The fourth-order valence-electron chi connectivity index (χ4n) is 2.74. The number of aryl methyl sites for hydroxylation is 1. The molecule has 116 valence electrons. The molecule has 2 aliphatic rings. The Morgan fingerprint density at radius 1 is 1.23 bits per heavy atom. The molecule has 1 aliphatic heterocycles. The van der Waals surface area contributed by atoms with Gasteiger partial charge in [-0.15, -0.1) is 5.10 Å². The molecule has 0 spiro atoms. The van der Waals surface area contributed by atoms with E-state index in [1.807, 2.05) is 23.9 Å². The zero-order chi connectivity index (χ0) is 15.3. The SMILES string of the molecule is Cc1cccc(S(=O)(=O)N2CC(n3cc(C4CC4)nn3)C2)c1. The van der Waals surface area contributed by atoms with Crippen LogP contribution in [0.1, 0.15) is 36.1 Å². The molecule has 1 aromatic carbocycles. The lowest BCUT2D eigenvalue weighted by atomic mass is 10.2. The number of rotatable bonds is 4. The van der Waals surface area contributed by atoms with E-state index in [4.69, 9.17) is 0 Å². The van der Waals surface area contributed by atoms with Crippen LogP contribution in [-0.4, -0.2) is 40.8 Å². The molecule has 2 heterocycles. The average Bonchev–Trinajstić information content (AvgIpc) is 3.17. The van der Waals surface area contributed by atoms with Gasteiger partial charge in [0.2, 0.25) is 10.0 Å². The molecule has 1 saturated carbocycles. The van der Waals surface area contributed by atoms with Gasteiger partial charge in [-0.25, -0.2) is 13.1 Å². The third-order valence-corrected chi connectivity index (χ3v) is 6.18. The van der Waals surface area contributed by atoms with Gasteiger partial charge in [-0.3, -0.25) is 0 Å². The smallest absolute Gasteiger partial charge is 0.243 e. The zero-order valence-electron chi connectivity index (χ0n) is 12.4. The topological polar surface area (TPSA) is 68.1 Å². The van der Waals surface area contributed by atoms with Crippen molar-refractivity contribution in [2.24, 2.45) is 0 Å². The molecular weight excluding hydrogens is 300 g/mol. The first-order valence-corrected chi connectivity index (χ1v) is 8.96. The molecule has 6 nitrogen and oxygen atoms in total. The highest BCUT2D eigenvalue weighted by Gasteiger charge is 2.39. The van der Waals surface area contributed by atoms with Gasteiger partial charge in [0.05, 0.1) is 16.6 Å². The van der Waals surface area contributed by atoms with E-state index in [2.05, 4.69) is 10.3 Å². The molecule has 2 fully saturated rings. The van der Waals surface area contributed by atoms with Crippen LogP contribution in [0.25, 0.3) is 0 Å². The first kappa shape index (κ1) is 13.9. The van der Waals surface area contributed by atoms with Crippen LogP contribution in [0.4, 0.5) is 0 Å². The summed E-state index contributed by atoms with van der Waals surface area (Å²) < 4.78 is 28.4. The third-order valence-electron chi connectivity index (χ3n) is 4.35. The summed E-state index contributed by atoms with van der Waals surface area (Å²) >= 11 is 0. The minimum Gasteiger partial charge on any atom is -0.247 e. The van der Waals surface area contributed by atoms with E-state index < -0.39 is 10.0 Å². The summed E-state index contributed by atoms with van der Waals surface area (Å²) in [5.74, 6) is 0.570. The van der Waals surface area contributed by atoms with Gasteiger partial charge in [0, 0.05) is 25.2 Å². The second-order valence-corrected chi connectivity index (χ2v) is 8.13. The molecule has 7 heteroatoms. The summed E-state index contributed by atoms with van der Waals surface area (Å²) in [4.78, 5) is 0.364. The molecule has 2 aromatic rings. The Balaban J connectivity index is 1.47. The monoisotopic (exact) mass is 318 g/mol. The van der Waals surface area contributed by atoms with Crippen molar-refractivity contribution < 1.29 is 8.42 Å². The van der Waals surface area contributed by atoms with Gasteiger partial charge in [0.15, 0.2) is 0 Å². The predicted octanol–water partition coefficient (Wildman–Crippen LogP) is 1.71. The zero-order valence-corrected chi connectivity index (χ0v) is 13.2. The summed E-state index contributed by atoms with van der Waals surface area (Å²) in [6, 6.07) is 7.13. The van der Waals surface area contributed by atoms with Crippen molar-refractivity contribution >= 4 is 10.0 Å². The maximum absolute atomic E-state index is 12.5. The summed E-state index contributed by atoms with van der Waals surface area (Å²) in [5, 5.41) is 8.33. The van der Waals surface area contributed by atoms with E-state index in [9.17, 15) is 8.42 Å². The number of nitrogens with zero attached hydrogens (tertiary/aromatic N) is 4. The van der Waals surface area contributed by atoms with Gasteiger partial charge in [0.1, 0.15) is 0 Å². The van der Waals surface area contributed by atoms with Crippen molar-refractivity contribution in [3.8, 4) is 0 Å². The standard InChI is InChI=1S/C15H18N4O2S/c1-11-3-2-4-14(7-11)22(20,21)18-8-13(9-18)19-10-15(16-17-19)12-5-6-12/h2-4,7,10,12-13H,5-6,8-9H2,1H3. The van der Waals surface area contributed by atoms with Gasteiger partial charge in [-0.2, -0.15) is 4.31 Å². The van der Waals surface area contributed by atoms with Crippen LogP contribution in [0, 0.1) is 6.92 Å². The molecule has 1 aromatic heterocycles. The Hall–Kier alpha value is -1.73. The summed E-state index contributed by atoms with van der Waals surface area (Å²) in [7, 11) is -3.39. The molecule has 0 radical (unpaired) electrons. The molecular formula is C15H18N4O2S. The molecule has 4 rings (SSSR count). The molecule has 0 atom stereocenters. The highest BCUT2D eigenvalue weighted by Crippen LogP contribution is 2.39. The van der Waals surface area contributed by atoms with Crippen LogP contribution >= 0.6 is 0 Å². The van der Waals surface area contributed by atoms with Crippen molar-refractivity contribution in [3.05, 3.63) is 41.7 Å². The molecule has 1 saturated heterocycles. The lowest BCUT2D eigenvalue weighted by molar-refractivity contribution is 0.189. The number of hydrogen-bond acceptors (Lipinski definition) is 4. The first-order valence-electron chi connectivity index (χ1n) is 7.52. The number of sulfonamides is 1. The van der Waals surface area contributed by atoms with E-state index >= 15 is 0 Å². The maximum atomic E-state index is 12.5. The molecule has 0 bridgehead atoms. The van der Waals surface area contributed by atoms with Crippen molar-refractivity contribution in [3.63, 3.8) is 0 Å². The first-order chi connectivity index (χ1) is 10.5. The quantitative estimate of drug-likeness (QED) is 0.860.